The Labute approximate surface area is 161 Å². The fourth-order valence-corrected chi connectivity index (χ4v) is 3.68. The topological polar surface area (TPSA) is 31.4 Å². The molecule has 2 aromatic carbocycles. The molecule has 0 saturated carbocycles. The van der Waals surface area contributed by atoms with Crippen LogP contribution in [0, 0.1) is 13.8 Å². The van der Waals surface area contributed by atoms with Gasteiger partial charge in [0.1, 0.15) is 0 Å². The van der Waals surface area contributed by atoms with Crippen LogP contribution in [0.15, 0.2) is 48.5 Å². The molecule has 4 rings (SSSR count). The van der Waals surface area contributed by atoms with Crippen molar-refractivity contribution in [2.45, 2.75) is 52.7 Å². The van der Waals surface area contributed by atoms with E-state index >= 15 is 0 Å². The van der Waals surface area contributed by atoms with Crippen LogP contribution in [0.1, 0.15) is 39.1 Å². The van der Waals surface area contributed by atoms with E-state index in [0.717, 1.165) is 16.9 Å². The molecule has 2 heterocycles. The summed E-state index contributed by atoms with van der Waals surface area (Å²) in [7, 11) is -0.373. The van der Waals surface area contributed by atoms with Crippen molar-refractivity contribution in [3.05, 3.63) is 59.9 Å². The molecule has 0 bridgehead atoms. The first-order valence-corrected chi connectivity index (χ1v) is 9.50. The van der Waals surface area contributed by atoms with Crippen LogP contribution in [0.25, 0.3) is 21.9 Å². The lowest BCUT2D eigenvalue weighted by atomic mass is 9.76. The quantitative estimate of drug-likeness (QED) is 0.615. The van der Waals surface area contributed by atoms with Crippen LogP contribution in [0.4, 0.5) is 0 Å². The molecule has 4 heteroatoms. The predicted octanol–water partition coefficient (Wildman–Crippen LogP) is 4.82. The summed E-state index contributed by atoms with van der Waals surface area (Å²) in [6, 6.07) is 17.1. The summed E-state index contributed by atoms with van der Waals surface area (Å²) < 4.78 is 12.6. The lowest BCUT2D eigenvalue weighted by molar-refractivity contribution is 0.00578. The van der Waals surface area contributed by atoms with Crippen molar-refractivity contribution in [3.8, 4) is 11.1 Å². The van der Waals surface area contributed by atoms with E-state index in [1.807, 2.05) is 13.8 Å². The van der Waals surface area contributed by atoms with Gasteiger partial charge in [-0.1, -0.05) is 36.4 Å². The molecule has 0 N–H and O–H groups in total. The maximum Gasteiger partial charge on any atom is 0.494 e. The molecule has 0 radical (unpaired) electrons. The van der Waals surface area contributed by atoms with Crippen LogP contribution >= 0.6 is 0 Å². The van der Waals surface area contributed by atoms with Gasteiger partial charge in [-0.3, -0.25) is 4.98 Å². The Morgan fingerprint density at radius 2 is 1.41 bits per heavy atom. The SMILES string of the molecule is Cc1cc(-c2cc(B3OC(C)(C)C(C)(C)O3)cc3ccccc23)cc(C)n1. The highest BCUT2D eigenvalue weighted by molar-refractivity contribution is 6.62. The molecule has 0 amide bonds. The third kappa shape index (κ3) is 3.17. The van der Waals surface area contributed by atoms with Crippen LogP contribution in [-0.4, -0.2) is 23.3 Å². The lowest BCUT2D eigenvalue weighted by Crippen LogP contribution is -2.41. The smallest absolute Gasteiger partial charge is 0.399 e. The first-order chi connectivity index (χ1) is 12.7. The molecule has 3 nitrogen and oxygen atoms in total. The van der Waals surface area contributed by atoms with E-state index in [0.29, 0.717) is 0 Å². The van der Waals surface area contributed by atoms with Crippen LogP contribution in [0.3, 0.4) is 0 Å². The third-order valence-electron chi connectivity index (χ3n) is 5.80. The zero-order valence-corrected chi connectivity index (χ0v) is 17.0. The first-order valence-electron chi connectivity index (χ1n) is 9.50. The largest absolute Gasteiger partial charge is 0.494 e. The second kappa shape index (κ2) is 6.18. The minimum Gasteiger partial charge on any atom is -0.399 e. The van der Waals surface area contributed by atoms with E-state index in [-0.39, 0.29) is 18.3 Å². The molecule has 3 aromatic rings. The van der Waals surface area contributed by atoms with Crippen molar-refractivity contribution >= 4 is 23.4 Å². The number of aromatic nitrogens is 1. The van der Waals surface area contributed by atoms with Gasteiger partial charge in [0, 0.05) is 11.4 Å². The zero-order valence-electron chi connectivity index (χ0n) is 17.0. The highest BCUT2D eigenvalue weighted by atomic mass is 16.7. The van der Waals surface area contributed by atoms with Gasteiger partial charge in [-0.15, -0.1) is 0 Å². The van der Waals surface area contributed by atoms with Gasteiger partial charge in [-0.25, -0.2) is 0 Å². The van der Waals surface area contributed by atoms with Gasteiger partial charge in [0.05, 0.1) is 11.2 Å². The molecular weight excluding hydrogens is 333 g/mol. The first kappa shape index (κ1) is 18.2. The predicted molar refractivity (Wildman–Crippen MR) is 112 cm³/mol. The van der Waals surface area contributed by atoms with E-state index in [1.54, 1.807) is 0 Å². The molecule has 1 aliphatic rings. The van der Waals surface area contributed by atoms with Gasteiger partial charge in [0.15, 0.2) is 0 Å². The summed E-state index contributed by atoms with van der Waals surface area (Å²) in [6.45, 7) is 12.4. The molecule has 0 aliphatic carbocycles. The summed E-state index contributed by atoms with van der Waals surface area (Å²) >= 11 is 0. The zero-order chi connectivity index (χ0) is 19.4. The summed E-state index contributed by atoms with van der Waals surface area (Å²) in [5, 5.41) is 2.41. The number of hydrogen-bond acceptors (Lipinski definition) is 3. The van der Waals surface area contributed by atoms with Crippen LogP contribution < -0.4 is 5.46 Å². The Balaban J connectivity index is 1.90. The number of benzene rings is 2. The van der Waals surface area contributed by atoms with E-state index in [9.17, 15) is 0 Å². The highest BCUT2D eigenvalue weighted by Crippen LogP contribution is 2.37. The Hall–Kier alpha value is -2.17. The van der Waals surface area contributed by atoms with Gasteiger partial charge in [0.2, 0.25) is 0 Å². The fraction of sp³-hybridized carbons (Fsp3) is 0.348. The number of nitrogens with zero attached hydrogens (tertiary/aromatic N) is 1. The van der Waals surface area contributed by atoms with E-state index in [1.165, 1.54) is 21.9 Å². The average molecular weight is 359 g/mol. The highest BCUT2D eigenvalue weighted by Gasteiger charge is 2.51. The molecule has 0 spiro atoms. The van der Waals surface area contributed by atoms with Crippen molar-refractivity contribution in [1.29, 1.82) is 0 Å². The van der Waals surface area contributed by atoms with Gasteiger partial charge >= 0.3 is 7.12 Å². The monoisotopic (exact) mass is 359 g/mol. The van der Waals surface area contributed by atoms with Crippen molar-refractivity contribution in [1.82, 2.24) is 4.98 Å². The molecule has 1 fully saturated rings. The van der Waals surface area contributed by atoms with E-state index in [2.05, 4.69) is 81.2 Å². The summed E-state index contributed by atoms with van der Waals surface area (Å²) in [5.74, 6) is 0. The number of rotatable bonds is 2. The van der Waals surface area contributed by atoms with E-state index in [4.69, 9.17) is 9.31 Å². The Morgan fingerprint density at radius 3 is 2.04 bits per heavy atom. The molecule has 0 atom stereocenters. The molecular formula is C23H26BNO2. The number of fused-ring (bicyclic) bond motifs is 1. The molecule has 1 aromatic heterocycles. The third-order valence-corrected chi connectivity index (χ3v) is 5.80. The van der Waals surface area contributed by atoms with Gasteiger partial charge < -0.3 is 9.31 Å². The number of aryl methyl sites for hydroxylation is 2. The van der Waals surface area contributed by atoms with Crippen molar-refractivity contribution in [2.75, 3.05) is 0 Å². The van der Waals surface area contributed by atoms with Crippen LogP contribution in [-0.2, 0) is 9.31 Å². The molecule has 138 valence electrons. The van der Waals surface area contributed by atoms with Crippen molar-refractivity contribution in [3.63, 3.8) is 0 Å². The standard InChI is InChI=1S/C23H26BNO2/c1-15-11-18(12-16(2)25-15)21-14-19(13-17-9-7-8-10-20(17)21)24-26-22(3,4)23(5,6)27-24/h7-14H,1-6H3. The minimum absolute atomic E-state index is 0.354. The molecule has 1 saturated heterocycles. The summed E-state index contributed by atoms with van der Waals surface area (Å²) in [4.78, 5) is 4.53. The van der Waals surface area contributed by atoms with Gasteiger partial charge in [-0.05, 0) is 81.0 Å². The number of hydrogen-bond donors (Lipinski definition) is 0. The van der Waals surface area contributed by atoms with Crippen molar-refractivity contribution in [2.24, 2.45) is 0 Å². The van der Waals surface area contributed by atoms with Crippen molar-refractivity contribution < 1.29 is 9.31 Å². The molecule has 0 unspecified atom stereocenters. The molecule has 27 heavy (non-hydrogen) atoms. The fourth-order valence-electron chi connectivity index (χ4n) is 3.68. The maximum absolute atomic E-state index is 6.30. The Bertz CT molecular complexity index is 990. The minimum atomic E-state index is -0.373. The average Bonchev–Trinajstić information content (AvgIpc) is 2.81. The van der Waals surface area contributed by atoms with Crippen LogP contribution in [0.2, 0.25) is 0 Å². The van der Waals surface area contributed by atoms with Gasteiger partial charge in [0.25, 0.3) is 0 Å². The number of pyridine rings is 1. The Morgan fingerprint density at radius 1 is 0.815 bits per heavy atom. The second-order valence-electron chi connectivity index (χ2n) is 8.52. The van der Waals surface area contributed by atoms with E-state index < -0.39 is 0 Å². The maximum atomic E-state index is 6.30. The Kier molecular flexibility index (Phi) is 4.17. The lowest BCUT2D eigenvalue weighted by Gasteiger charge is -2.32. The van der Waals surface area contributed by atoms with Crippen LogP contribution in [0.5, 0.6) is 0 Å². The second-order valence-corrected chi connectivity index (χ2v) is 8.52. The molecule has 1 aliphatic heterocycles. The van der Waals surface area contributed by atoms with Gasteiger partial charge in [-0.2, -0.15) is 0 Å². The summed E-state index contributed by atoms with van der Waals surface area (Å²) in [6.07, 6.45) is 0. The summed E-state index contributed by atoms with van der Waals surface area (Å²) in [5.41, 5.74) is 4.75. The normalized spacial score (nSPS) is 18.2.